The van der Waals surface area contributed by atoms with Crippen molar-refractivity contribution in [3.05, 3.63) is 24.3 Å². The number of hydrogen-bond acceptors (Lipinski definition) is 4. The standard InChI is InChI=1S/C14H19NO4S/c1-9(12(16)17)20-11-7-5-10(6-8-11)15-13(18)19-14(2,3)4/h5-9H,1-4H3,(H,15,18)(H,16,17). The van der Waals surface area contributed by atoms with Crippen molar-refractivity contribution < 1.29 is 19.4 Å². The Morgan fingerprint density at radius 2 is 1.80 bits per heavy atom. The fraction of sp³-hybridized carbons (Fsp3) is 0.429. The molecule has 0 bridgehead atoms. The topological polar surface area (TPSA) is 75.6 Å². The molecule has 0 aromatic heterocycles. The Bertz CT molecular complexity index is 479. The second-order valence-electron chi connectivity index (χ2n) is 5.25. The quantitative estimate of drug-likeness (QED) is 0.830. The van der Waals surface area contributed by atoms with E-state index in [9.17, 15) is 9.59 Å². The molecule has 0 saturated heterocycles. The van der Waals surface area contributed by atoms with Crippen LogP contribution < -0.4 is 5.32 Å². The van der Waals surface area contributed by atoms with Crippen LogP contribution in [0.2, 0.25) is 0 Å². The van der Waals surface area contributed by atoms with Gasteiger partial charge >= 0.3 is 12.1 Å². The first kappa shape index (κ1) is 16.4. The minimum absolute atomic E-state index is 0.514. The first-order valence-corrected chi connectivity index (χ1v) is 7.05. The summed E-state index contributed by atoms with van der Waals surface area (Å²) in [5.41, 5.74) is 0.0585. The second kappa shape index (κ2) is 6.65. The molecule has 6 heteroatoms. The summed E-state index contributed by atoms with van der Waals surface area (Å²) in [5.74, 6) is -0.856. The largest absolute Gasteiger partial charge is 0.480 e. The molecule has 0 saturated carbocycles. The van der Waals surface area contributed by atoms with E-state index in [1.165, 1.54) is 11.8 Å². The fourth-order valence-corrected chi connectivity index (χ4v) is 2.10. The lowest BCUT2D eigenvalue weighted by Gasteiger charge is -2.19. The summed E-state index contributed by atoms with van der Waals surface area (Å²) in [6.45, 7) is 7.00. The van der Waals surface area contributed by atoms with Crippen molar-refractivity contribution >= 4 is 29.5 Å². The molecule has 0 heterocycles. The number of rotatable bonds is 4. The minimum Gasteiger partial charge on any atom is -0.480 e. The molecule has 1 rings (SSSR count). The molecule has 2 N–H and O–H groups in total. The number of hydrogen-bond donors (Lipinski definition) is 2. The van der Waals surface area contributed by atoms with Gasteiger partial charge in [0, 0.05) is 10.6 Å². The van der Waals surface area contributed by atoms with Crippen LogP contribution in [0.25, 0.3) is 0 Å². The Labute approximate surface area is 122 Å². The lowest BCUT2D eigenvalue weighted by atomic mass is 10.2. The van der Waals surface area contributed by atoms with Crippen LogP contribution in [0.15, 0.2) is 29.2 Å². The molecule has 1 amide bonds. The Balaban J connectivity index is 2.59. The third-order valence-electron chi connectivity index (χ3n) is 2.16. The zero-order chi connectivity index (χ0) is 15.3. The van der Waals surface area contributed by atoms with E-state index in [2.05, 4.69) is 5.32 Å². The van der Waals surface area contributed by atoms with Crippen molar-refractivity contribution in [3.63, 3.8) is 0 Å². The van der Waals surface area contributed by atoms with Crippen LogP contribution in [0, 0.1) is 0 Å². The van der Waals surface area contributed by atoms with E-state index in [0.717, 1.165) is 4.90 Å². The van der Waals surface area contributed by atoms with Gasteiger partial charge in [-0.25, -0.2) is 4.79 Å². The lowest BCUT2D eigenvalue weighted by Crippen LogP contribution is -2.27. The van der Waals surface area contributed by atoms with E-state index in [1.807, 2.05) is 0 Å². The van der Waals surface area contributed by atoms with Crippen LogP contribution >= 0.6 is 11.8 Å². The molecule has 0 fully saturated rings. The van der Waals surface area contributed by atoms with Gasteiger partial charge in [0.25, 0.3) is 0 Å². The Morgan fingerprint density at radius 1 is 1.25 bits per heavy atom. The Hall–Kier alpha value is -1.69. The number of aliphatic carboxylic acids is 1. The fourth-order valence-electron chi connectivity index (χ4n) is 1.29. The molecule has 1 atom stereocenters. The molecule has 1 unspecified atom stereocenters. The number of carbonyl (C=O) groups is 2. The molecule has 0 aliphatic heterocycles. The normalized spacial score (nSPS) is 12.6. The summed E-state index contributed by atoms with van der Waals surface area (Å²) >= 11 is 1.25. The van der Waals surface area contributed by atoms with Crippen molar-refractivity contribution in [1.29, 1.82) is 0 Å². The van der Waals surface area contributed by atoms with Crippen LogP contribution in [-0.4, -0.2) is 28.0 Å². The molecule has 20 heavy (non-hydrogen) atoms. The summed E-state index contributed by atoms with van der Waals surface area (Å²) in [4.78, 5) is 23.1. The summed E-state index contributed by atoms with van der Waals surface area (Å²) in [6, 6.07) is 6.94. The van der Waals surface area contributed by atoms with Crippen molar-refractivity contribution in [2.24, 2.45) is 0 Å². The number of amides is 1. The molecule has 110 valence electrons. The maximum Gasteiger partial charge on any atom is 0.412 e. The van der Waals surface area contributed by atoms with E-state index in [1.54, 1.807) is 52.0 Å². The Morgan fingerprint density at radius 3 is 2.25 bits per heavy atom. The zero-order valence-electron chi connectivity index (χ0n) is 12.0. The van der Waals surface area contributed by atoms with E-state index >= 15 is 0 Å². The van der Waals surface area contributed by atoms with E-state index < -0.39 is 22.9 Å². The van der Waals surface area contributed by atoms with Gasteiger partial charge in [-0.15, -0.1) is 11.8 Å². The summed E-state index contributed by atoms with van der Waals surface area (Å²) in [7, 11) is 0. The molecule has 0 radical (unpaired) electrons. The van der Waals surface area contributed by atoms with E-state index in [0.29, 0.717) is 5.69 Å². The van der Waals surface area contributed by atoms with Gasteiger partial charge in [0.2, 0.25) is 0 Å². The van der Waals surface area contributed by atoms with Gasteiger partial charge in [-0.1, -0.05) is 0 Å². The monoisotopic (exact) mass is 297 g/mol. The smallest absolute Gasteiger partial charge is 0.412 e. The zero-order valence-corrected chi connectivity index (χ0v) is 12.8. The van der Waals surface area contributed by atoms with Crippen LogP contribution in [0.3, 0.4) is 0 Å². The van der Waals surface area contributed by atoms with Crippen molar-refractivity contribution in [1.82, 2.24) is 0 Å². The number of carboxylic acids is 1. The molecular weight excluding hydrogens is 278 g/mol. The summed E-state index contributed by atoms with van der Waals surface area (Å²) in [6.07, 6.45) is -0.517. The number of anilines is 1. The van der Waals surface area contributed by atoms with Gasteiger partial charge in [0.15, 0.2) is 0 Å². The predicted octanol–water partition coefficient (Wildman–Crippen LogP) is 3.60. The molecular formula is C14H19NO4S. The first-order chi connectivity index (χ1) is 9.17. The number of carboxylic acid groups (broad SMARTS) is 1. The van der Waals surface area contributed by atoms with Crippen LogP contribution in [0.1, 0.15) is 27.7 Å². The van der Waals surface area contributed by atoms with Gasteiger partial charge in [-0.2, -0.15) is 0 Å². The molecule has 0 aliphatic rings. The summed E-state index contributed by atoms with van der Waals surface area (Å²) < 4.78 is 5.13. The first-order valence-electron chi connectivity index (χ1n) is 6.17. The lowest BCUT2D eigenvalue weighted by molar-refractivity contribution is -0.136. The highest BCUT2D eigenvalue weighted by Crippen LogP contribution is 2.24. The molecule has 1 aromatic carbocycles. The van der Waals surface area contributed by atoms with Crippen LogP contribution in [-0.2, 0) is 9.53 Å². The minimum atomic E-state index is -0.856. The van der Waals surface area contributed by atoms with Gasteiger partial charge in [0.05, 0.1) is 0 Å². The molecule has 1 aromatic rings. The third-order valence-corrected chi connectivity index (χ3v) is 3.26. The van der Waals surface area contributed by atoms with Crippen molar-refractivity contribution in [3.8, 4) is 0 Å². The van der Waals surface area contributed by atoms with Crippen molar-refractivity contribution in [2.75, 3.05) is 5.32 Å². The van der Waals surface area contributed by atoms with Gasteiger partial charge in [-0.3, -0.25) is 10.1 Å². The highest BCUT2D eigenvalue weighted by atomic mass is 32.2. The number of benzene rings is 1. The number of thioether (sulfide) groups is 1. The average Bonchev–Trinajstić information content (AvgIpc) is 2.28. The van der Waals surface area contributed by atoms with Crippen LogP contribution in [0.4, 0.5) is 10.5 Å². The van der Waals surface area contributed by atoms with E-state index in [-0.39, 0.29) is 0 Å². The maximum atomic E-state index is 11.6. The molecule has 0 spiro atoms. The Kier molecular flexibility index (Phi) is 5.44. The number of carbonyl (C=O) groups excluding carboxylic acids is 1. The number of ether oxygens (including phenoxy) is 1. The highest BCUT2D eigenvalue weighted by Gasteiger charge is 2.16. The predicted molar refractivity (Wildman–Crippen MR) is 79.3 cm³/mol. The molecule has 0 aliphatic carbocycles. The van der Waals surface area contributed by atoms with Gasteiger partial charge in [0.1, 0.15) is 10.9 Å². The number of nitrogens with one attached hydrogen (secondary N) is 1. The second-order valence-corrected chi connectivity index (χ2v) is 6.66. The maximum absolute atomic E-state index is 11.6. The van der Waals surface area contributed by atoms with E-state index in [4.69, 9.17) is 9.84 Å². The van der Waals surface area contributed by atoms with Gasteiger partial charge in [-0.05, 0) is 52.0 Å². The van der Waals surface area contributed by atoms with Crippen LogP contribution in [0.5, 0.6) is 0 Å². The summed E-state index contributed by atoms with van der Waals surface area (Å²) in [5, 5.41) is 10.9. The van der Waals surface area contributed by atoms with Gasteiger partial charge < -0.3 is 9.84 Å². The molecule has 5 nitrogen and oxygen atoms in total. The third kappa shape index (κ3) is 5.97. The highest BCUT2D eigenvalue weighted by molar-refractivity contribution is 8.00. The average molecular weight is 297 g/mol. The SMILES string of the molecule is CC(Sc1ccc(NC(=O)OC(C)(C)C)cc1)C(=O)O. The van der Waals surface area contributed by atoms with Crippen molar-refractivity contribution in [2.45, 2.75) is 43.4 Å².